The molecule has 0 bridgehead atoms. The van der Waals surface area contributed by atoms with Gasteiger partial charge in [0, 0.05) is 18.2 Å². The fraction of sp³-hybridized carbons (Fsp3) is 0.600. The van der Waals surface area contributed by atoms with E-state index in [2.05, 4.69) is 5.32 Å². The molecule has 1 aliphatic rings. The average molecular weight is 265 g/mol. The normalized spacial score (nSPS) is 24.5. The van der Waals surface area contributed by atoms with E-state index in [0.717, 1.165) is 19.4 Å². The molecule has 0 radical (unpaired) electrons. The number of phenols is 2. The van der Waals surface area contributed by atoms with Gasteiger partial charge in [0.15, 0.2) is 0 Å². The summed E-state index contributed by atoms with van der Waals surface area (Å²) in [6, 6.07) is 4.55. The molecule has 0 amide bonds. The van der Waals surface area contributed by atoms with Crippen LogP contribution in [0.2, 0.25) is 0 Å². The van der Waals surface area contributed by atoms with E-state index in [1.165, 1.54) is 18.6 Å². The SMILES string of the molecule is CC(NCC1CCCC1CO)c1cc(O)ccc1O. The van der Waals surface area contributed by atoms with E-state index in [0.29, 0.717) is 17.4 Å². The Labute approximate surface area is 114 Å². The minimum Gasteiger partial charge on any atom is -0.508 e. The van der Waals surface area contributed by atoms with Crippen LogP contribution in [-0.2, 0) is 0 Å². The van der Waals surface area contributed by atoms with Crippen molar-refractivity contribution < 1.29 is 15.3 Å². The molecule has 1 aliphatic carbocycles. The van der Waals surface area contributed by atoms with Gasteiger partial charge in [0.05, 0.1) is 0 Å². The number of benzene rings is 1. The summed E-state index contributed by atoms with van der Waals surface area (Å²) in [5, 5.41) is 32.0. The molecule has 1 fully saturated rings. The lowest BCUT2D eigenvalue weighted by molar-refractivity contribution is 0.190. The molecule has 0 aliphatic heterocycles. The molecule has 106 valence electrons. The third-order valence-corrected chi connectivity index (χ3v) is 4.21. The van der Waals surface area contributed by atoms with Crippen molar-refractivity contribution in [3.8, 4) is 11.5 Å². The molecule has 19 heavy (non-hydrogen) atoms. The van der Waals surface area contributed by atoms with Crippen LogP contribution in [0.15, 0.2) is 18.2 Å². The Morgan fingerprint density at radius 3 is 2.74 bits per heavy atom. The second-order valence-corrected chi connectivity index (χ2v) is 5.51. The summed E-state index contributed by atoms with van der Waals surface area (Å²) in [5.74, 6) is 1.27. The summed E-state index contributed by atoms with van der Waals surface area (Å²) >= 11 is 0. The van der Waals surface area contributed by atoms with E-state index in [9.17, 15) is 15.3 Å². The zero-order valence-corrected chi connectivity index (χ0v) is 11.3. The van der Waals surface area contributed by atoms with Crippen LogP contribution in [0.1, 0.15) is 37.8 Å². The van der Waals surface area contributed by atoms with Crippen molar-refractivity contribution in [2.45, 2.75) is 32.2 Å². The first-order valence-electron chi connectivity index (χ1n) is 6.98. The second-order valence-electron chi connectivity index (χ2n) is 5.51. The fourth-order valence-electron chi connectivity index (χ4n) is 2.95. The highest BCUT2D eigenvalue weighted by atomic mass is 16.3. The van der Waals surface area contributed by atoms with Crippen LogP contribution in [0.4, 0.5) is 0 Å². The molecule has 2 rings (SSSR count). The van der Waals surface area contributed by atoms with E-state index in [-0.39, 0.29) is 24.1 Å². The molecule has 1 aromatic rings. The molecule has 0 heterocycles. The molecular weight excluding hydrogens is 242 g/mol. The lowest BCUT2D eigenvalue weighted by atomic mass is 9.96. The molecule has 4 nitrogen and oxygen atoms in total. The summed E-state index contributed by atoms with van der Waals surface area (Å²) in [4.78, 5) is 0. The third-order valence-electron chi connectivity index (χ3n) is 4.21. The molecule has 3 atom stereocenters. The van der Waals surface area contributed by atoms with Crippen LogP contribution >= 0.6 is 0 Å². The summed E-state index contributed by atoms with van der Waals surface area (Å²) < 4.78 is 0. The molecule has 4 N–H and O–H groups in total. The highest BCUT2D eigenvalue weighted by Gasteiger charge is 2.26. The Hall–Kier alpha value is -1.26. The van der Waals surface area contributed by atoms with Crippen LogP contribution in [0.5, 0.6) is 11.5 Å². The zero-order valence-electron chi connectivity index (χ0n) is 11.3. The summed E-state index contributed by atoms with van der Waals surface area (Å²) in [6.45, 7) is 3.07. The number of hydrogen-bond acceptors (Lipinski definition) is 4. The number of rotatable bonds is 5. The fourth-order valence-corrected chi connectivity index (χ4v) is 2.95. The standard InChI is InChI=1S/C15H23NO3/c1-10(14-7-13(18)5-6-15(14)19)16-8-11-3-2-4-12(11)9-17/h5-7,10-12,16-19H,2-4,8-9H2,1H3. The summed E-state index contributed by atoms with van der Waals surface area (Å²) in [5.41, 5.74) is 0.707. The van der Waals surface area contributed by atoms with Crippen LogP contribution in [0.3, 0.4) is 0 Å². The quantitative estimate of drug-likeness (QED) is 0.616. The van der Waals surface area contributed by atoms with Gasteiger partial charge in [-0.15, -0.1) is 0 Å². The van der Waals surface area contributed by atoms with Crippen LogP contribution in [-0.4, -0.2) is 28.5 Å². The maximum absolute atomic E-state index is 9.80. The monoisotopic (exact) mass is 265 g/mol. The minimum atomic E-state index is -0.0213. The lowest BCUT2D eigenvalue weighted by Crippen LogP contribution is -2.28. The molecule has 1 saturated carbocycles. The van der Waals surface area contributed by atoms with Gasteiger partial charge in [0.25, 0.3) is 0 Å². The van der Waals surface area contributed by atoms with Gasteiger partial charge in [-0.3, -0.25) is 0 Å². The van der Waals surface area contributed by atoms with E-state index in [4.69, 9.17) is 0 Å². The van der Waals surface area contributed by atoms with E-state index < -0.39 is 0 Å². The van der Waals surface area contributed by atoms with Crippen LogP contribution in [0, 0.1) is 11.8 Å². The van der Waals surface area contributed by atoms with E-state index >= 15 is 0 Å². The van der Waals surface area contributed by atoms with Gasteiger partial charge in [-0.05, 0) is 56.3 Å². The number of aliphatic hydroxyl groups excluding tert-OH is 1. The Morgan fingerprint density at radius 1 is 1.26 bits per heavy atom. The number of aromatic hydroxyl groups is 2. The number of nitrogens with one attached hydrogen (secondary N) is 1. The zero-order chi connectivity index (χ0) is 13.8. The van der Waals surface area contributed by atoms with Gasteiger partial charge in [-0.1, -0.05) is 6.42 Å². The van der Waals surface area contributed by atoms with Gasteiger partial charge < -0.3 is 20.6 Å². The Morgan fingerprint density at radius 2 is 2.00 bits per heavy atom. The molecule has 0 spiro atoms. The van der Waals surface area contributed by atoms with Crippen molar-refractivity contribution in [2.75, 3.05) is 13.2 Å². The topological polar surface area (TPSA) is 72.7 Å². The van der Waals surface area contributed by atoms with Crippen molar-refractivity contribution in [1.82, 2.24) is 5.32 Å². The van der Waals surface area contributed by atoms with Crippen molar-refractivity contribution in [3.63, 3.8) is 0 Å². The van der Waals surface area contributed by atoms with Crippen molar-refractivity contribution >= 4 is 0 Å². The molecule has 0 saturated heterocycles. The van der Waals surface area contributed by atoms with Gasteiger partial charge >= 0.3 is 0 Å². The summed E-state index contributed by atoms with van der Waals surface area (Å²) in [6.07, 6.45) is 3.44. The van der Waals surface area contributed by atoms with Crippen molar-refractivity contribution in [1.29, 1.82) is 0 Å². The highest BCUT2D eigenvalue weighted by molar-refractivity contribution is 5.40. The first-order chi connectivity index (χ1) is 9.11. The van der Waals surface area contributed by atoms with Crippen LogP contribution in [0.25, 0.3) is 0 Å². The third kappa shape index (κ3) is 3.39. The first kappa shape index (κ1) is 14.2. The van der Waals surface area contributed by atoms with Crippen LogP contribution < -0.4 is 5.32 Å². The average Bonchev–Trinajstić information content (AvgIpc) is 2.86. The Bertz CT molecular complexity index is 422. The Balaban J connectivity index is 1.93. The largest absolute Gasteiger partial charge is 0.508 e. The van der Waals surface area contributed by atoms with E-state index in [1.54, 1.807) is 6.07 Å². The van der Waals surface area contributed by atoms with Crippen molar-refractivity contribution in [3.05, 3.63) is 23.8 Å². The predicted molar refractivity (Wildman–Crippen MR) is 74.1 cm³/mol. The smallest absolute Gasteiger partial charge is 0.120 e. The van der Waals surface area contributed by atoms with Gasteiger partial charge in [0.2, 0.25) is 0 Å². The van der Waals surface area contributed by atoms with Gasteiger partial charge in [0.1, 0.15) is 11.5 Å². The molecule has 3 unspecified atom stereocenters. The van der Waals surface area contributed by atoms with E-state index in [1.807, 2.05) is 6.92 Å². The maximum Gasteiger partial charge on any atom is 0.120 e. The Kier molecular flexibility index (Phi) is 4.66. The highest BCUT2D eigenvalue weighted by Crippen LogP contribution is 2.32. The lowest BCUT2D eigenvalue weighted by Gasteiger charge is -2.22. The number of phenolic OH excluding ortho intramolecular Hbond substituents is 2. The number of hydrogen-bond donors (Lipinski definition) is 4. The number of aliphatic hydroxyl groups is 1. The first-order valence-corrected chi connectivity index (χ1v) is 6.98. The molecular formula is C15H23NO3. The summed E-state index contributed by atoms with van der Waals surface area (Å²) in [7, 11) is 0. The minimum absolute atomic E-state index is 0.0213. The predicted octanol–water partition coefficient (Wildman–Crippen LogP) is 2.16. The molecule has 1 aromatic carbocycles. The van der Waals surface area contributed by atoms with Gasteiger partial charge in [-0.2, -0.15) is 0 Å². The van der Waals surface area contributed by atoms with Gasteiger partial charge in [-0.25, -0.2) is 0 Å². The molecule has 0 aromatic heterocycles. The maximum atomic E-state index is 9.80. The molecule has 4 heteroatoms. The second kappa shape index (κ2) is 6.26. The van der Waals surface area contributed by atoms with Crippen molar-refractivity contribution in [2.24, 2.45) is 11.8 Å².